The molecule has 0 saturated heterocycles. The van der Waals surface area contributed by atoms with E-state index >= 15 is 0 Å². The van der Waals surface area contributed by atoms with E-state index < -0.39 is 6.61 Å². The Kier molecular flexibility index (Phi) is 5.84. The number of rotatable bonds is 6. The molecule has 2 aromatic rings. The molecule has 6 heteroatoms. The van der Waals surface area contributed by atoms with Gasteiger partial charge >= 0.3 is 6.61 Å². The van der Waals surface area contributed by atoms with Crippen molar-refractivity contribution in [3.8, 4) is 5.75 Å². The predicted octanol–water partition coefficient (Wildman–Crippen LogP) is 4.55. The van der Waals surface area contributed by atoms with Crippen molar-refractivity contribution in [3.05, 3.63) is 65.5 Å². The molecule has 0 heterocycles. The van der Waals surface area contributed by atoms with Crippen LogP contribution in [0.4, 0.5) is 13.2 Å². The van der Waals surface area contributed by atoms with Gasteiger partial charge in [-0.3, -0.25) is 4.79 Å². The fourth-order valence-electron chi connectivity index (χ4n) is 2.32. The van der Waals surface area contributed by atoms with Crippen LogP contribution in [-0.4, -0.2) is 12.5 Å². The summed E-state index contributed by atoms with van der Waals surface area (Å²) in [5.74, 6) is -0.620. The number of benzene rings is 2. The summed E-state index contributed by atoms with van der Waals surface area (Å²) in [6, 6.07) is 11.1. The van der Waals surface area contributed by atoms with Gasteiger partial charge in [0.2, 0.25) is 0 Å². The number of carbonyl (C=O) groups is 1. The SMILES string of the molecule is CC(C)C(NC(=O)c1ccc(OC(F)F)cc1)c1ccc(F)cc1. The average Bonchev–Trinajstić information content (AvgIpc) is 2.53. The minimum Gasteiger partial charge on any atom is -0.435 e. The van der Waals surface area contributed by atoms with E-state index in [9.17, 15) is 18.0 Å². The van der Waals surface area contributed by atoms with E-state index in [4.69, 9.17) is 0 Å². The van der Waals surface area contributed by atoms with Crippen LogP contribution in [0.5, 0.6) is 5.75 Å². The molecular formula is C18H18F3NO2. The molecule has 0 radical (unpaired) electrons. The summed E-state index contributed by atoms with van der Waals surface area (Å²) >= 11 is 0. The molecule has 1 N–H and O–H groups in total. The van der Waals surface area contributed by atoms with Crippen molar-refractivity contribution < 1.29 is 22.7 Å². The third-order valence-electron chi connectivity index (χ3n) is 3.52. The Morgan fingerprint density at radius 1 is 1.00 bits per heavy atom. The minimum absolute atomic E-state index is 0.0134. The Balaban J connectivity index is 2.11. The van der Waals surface area contributed by atoms with Crippen molar-refractivity contribution in [2.24, 2.45) is 5.92 Å². The summed E-state index contributed by atoms with van der Waals surface area (Å²) in [6.45, 7) is 0.968. The first-order chi connectivity index (χ1) is 11.4. The smallest absolute Gasteiger partial charge is 0.387 e. The number of ether oxygens (including phenoxy) is 1. The minimum atomic E-state index is -2.91. The molecule has 2 rings (SSSR count). The lowest BCUT2D eigenvalue weighted by Gasteiger charge is -2.23. The van der Waals surface area contributed by atoms with Crippen molar-refractivity contribution in [2.45, 2.75) is 26.5 Å². The van der Waals surface area contributed by atoms with Gasteiger partial charge in [-0.25, -0.2) is 4.39 Å². The topological polar surface area (TPSA) is 38.3 Å². The molecule has 1 amide bonds. The molecule has 2 aromatic carbocycles. The Hall–Kier alpha value is -2.50. The first-order valence-electron chi connectivity index (χ1n) is 7.48. The number of halogens is 3. The van der Waals surface area contributed by atoms with Gasteiger partial charge in [0, 0.05) is 5.56 Å². The predicted molar refractivity (Wildman–Crippen MR) is 84.5 cm³/mol. The van der Waals surface area contributed by atoms with Gasteiger partial charge in [0.1, 0.15) is 11.6 Å². The van der Waals surface area contributed by atoms with Crippen LogP contribution < -0.4 is 10.1 Å². The van der Waals surface area contributed by atoms with Gasteiger partial charge in [-0.15, -0.1) is 0 Å². The van der Waals surface area contributed by atoms with Crippen molar-refractivity contribution in [3.63, 3.8) is 0 Å². The van der Waals surface area contributed by atoms with Crippen LogP contribution in [0.2, 0.25) is 0 Å². The number of nitrogens with one attached hydrogen (secondary N) is 1. The lowest BCUT2D eigenvalue weighted by atomic mass is 9.95. The van der Waals surface area contributed by atoms with E-state index in [1.54, 1.807) is 12.1 Å². The second kappa shape index (κ2) is 7.86. The highest BCUT2D eigenvalue weighted by Gasteiger charge is 2.19. The van der Waals surface area contributed by atoms with Crippen molar-refractivity contribution >= 4 is 5.91 Å². The van der Waals surface area contributed by atoms with Crippen LogP contribution in [0.25, 0.3) is 0 Å². The van der Waals surface area contributed by atoms with Gasteiger partial charge in [-0.05, 0) is 47.9 Å². The molecule has 0 aromatic heterocycles. The van der Waals surface area contributed by atoms with Crippen molar-refractivity contribution in [2.75, 3.05) is 0 Å². The molecule has 1 unspecified atom stereocenters. The molecule has 0 aliphatic carbocycles. The highest BCUT2D eigenvalue weighted by molar-refractivity contribution is 5.94. The number of hydrogen-bond donors (Lipinski definition) is 1. The van der Waals surface area contributed by atoms with E-state index in [0.717, 1.165) is 5.56 Å². The number of carbonyl (C=O) groups excluding carboxylic acids is 1. The van der Waals surface area contributed by atoms with Gasteiger partial charge < -0.3 is 10.1 Å². The van der Waals surface area contributed by atoms with Crippen LogP contribution in [0.3, 0.4) is 0 Å². The molecule has 1 atom stereocenters. The Morgan fingerprint density at radius 3 is 2.08 bits per heavy atom. The molecule has 0 fully saturated rings. The summed E-state index contributed by atoms with van der Waals surface area (Å²) in [5, 5.41) is 2.88. The third kappa shape index (κ3) is 4.75. The van der Waals surface area contributed by atoms with E-state index in [1.807, 2.05) is 13.8 Å². The van der Waals surface area contributed by atoms with E-state index in [0.29, 0.717) is 5.56 Å². The molecular weight excluding hydrogens is 319 g/mol. The first-order valence-corrected chi connectivity index (χ1v) is 7.48. The standard InChI is InChI=1S/C18H18F3NO2/c1-11(2)16(12-3-7-14(19)8-4-12)22-17(23)13-5-9-15(10-6-13)24-18(20)21/h3-11,16,18H,1-2H3,(H,22,23). The average molecular weight is 337 g/mol. The fourth-order valence-corrected chi connectivity index (χ4v) is 2.32. The van der Waals surface area contributed by atoms with Crippen LogP contribution in [-0.2, 0) is 0 Å². The summed E-state index contributed by atoms with van der Waals surface area (Å²) in [6.07, 6.45) is 0. The maximum absolute atomic E-state index is 13.1. The third-order valence-corrected chi connectivity index (χ3v) is 3.52. The van der Waals surface area contributed by atoms with Crippen molar-refractivity contribution in [1.29, 1.82) is 0 Å². The molecule has 0 aliphatic heterocycles. The Morgan fingerprint density at radius 2 is 1.58 bits per heavy atom. The summed E-state index contributed by atoms with van der Waals surface area (Å²) < 4.78 is 41.6. The lowest BCUT2D eigenvalue weighted by molar-refractivity contribution is -0.0498. The highest BCUT2D eigenvalue weighted by atomic mass is 19.3. The monoisotopic (exact) mass is 337 g/mol. The molecule has 3 nitrogen and oxygen atoms in total. The van der Waals surface area contributed by atoms with E-state index in [2.05, 4.69) is 10.1 Å². The van der Waals surface area contributed by atoms with E-state index in [1.165, 1.54) is 36.4 Å². The second-order valence-electron chi connectivity index (χ2n) is 5.65. The lowest BCUT2D eigenvalue weighted by Crippen LogP contribution is -2.31. The molecule has 24 heavy (non-hydrogen) atoms. The largest absolute Gasteiger partial charge is 0.435 e. The maximum Gasteiger partial charge on any atom is 0.387 e. The number of alkyl halides is 2. The fraction of sp³-hybridized carbons (Fsp3) is 0.278. The van der Waals surface area contributed by atoms with Gasteiger partial charge in [-0.2, -0.15) is 8.78 Å². The summed E-state index contributed by atoms with van der Waals surface area (Å²) in [5.41, 5.74) is 1.11. The van der Waals surface area contributed by atoms with Gasteiger partial charge in [-0.1, -0.05) is 26.0 Å². The molecule has 0 spiro atoms. The van der Waals surface area contributed by atoms with Crippen LogP contribution in [0.1, 0.15) is 35.8 Å². The molecule has 0 saturated carbocycles. The van der Waals surface area contributed by atoms with Gasteiger partial charge in [0.15, 0.2) is 0 Å². The normalized spacial score (nSPS) is 12.3. The number of amides is 1. The Labute approximate surface area is 138 Å². The number of hydrogen-bond acceptors (Lipinski definition) is 2. The quantitative estimate of drug-likeness (QED) is 0.839. The zero-order valence-electron chi connectivity index (χ0n) is 13.3. The first kappa shape index (κ1) is 17.8. The summed E-state index contributed by atoms with van der Waals surface area (Å²) in [4.78, 5) is 12.4. The maximum atomic E-state index is 13.1. The van der Waals surface area contributed by atoms with Gasteiger partial charge in [0.05, 0.1) is 6.04 Å². The second-order valence-corrected chi connectivity index (χ2v) is 5.65. The zero-order valence-corrected chi connectivity index (χ0v) is 13.3. The van der Waals surface area contributed by atoms with Crippen molar-refractivity contribution in [1.82, 2.24) is 5.32 Å². The zero-order chi connectivity index (χ0) is 17.7. The summed E-state index contributed by atoms with van der Waals surface area (Å²) in [7, 11) is 0. The van der Waals surface area contributed by atoms with Crippen LogP contribution in [0.15, 0.2) is 48.5 Å². The van der Waals surface area contributed by atoms with E-state index in [-0.39, 0.29) is 29.4 Å². The highest BCUT2D eigenvalue weighted by Crippen LogP contribution is 2.23. The molecule has 0 bridgehead atoms. The molecule has 128 valence electrons. The van der Waals surface area contributed by atoms with Crippen LogP contribution in [0, 0.1) is 11.7 Å². The molecule has 0 aliphatic rings. The van der Waals surface area contributed by atoms with Crippen LogP contribution >= 0.6 is 0 Å². The van der Waals surface area contributed by atoms with Gasteiger partial charge in [0.25, 0.3) is 5.91 Å². The Bertz CT molecular complexity index is 670.